The highest BCUT2D eigenvalue weighted by Gasteiger charge is 2.27. The highest BCUT2D eigenvalue weighted by molar-refractivity contribution is 7.13. The zero-order valence-electron chi connectivity index (χ0n) is 17.4. The summed E-state index contributed by atoms with van der Waals surface area (Å²) in [5.41, 5.74) is 2.43. The molecule has 1 aliphatic heterocycles. The Balaban J connectivity index is 1.23. The fourth-order valence-corrected chi connectivity index (χ4v) is 4.95. The molecule has 7 nitrogen and oxygen atoms in total. The van der Waals surface area contributed by atoms with Crippen molar-refractivity contribution in [3.8, 4) is 0 Å². The van der Waals surface area contributed by atoms with Gasteiger partial charge in [-0.2, -0.15) is 0 Å². The van der Waals surface area contributed by atoms with Crippen LogP contribution in [0.1, 0.15) is 60.1 Å². The molecular formula is C22H29N5O2S. The van der Waals surface area contributed by atoms with Crippen molar-refractivity contribution in [1.82, 2.24) is 20.2 Å². The second-order valence-electron chi connectivity index (χ2n) is 8.39. The number of rotatable bonds is 6. The molecule has 1 saturated carbocycles. The van der Waals surface area contributed by atoms with E-state index in [-0.39, 0.29) is 17.7 Å². The van der Waals surface area contributed by atoms with E-state index < -0.39 is 0 Å². The number of amides is 2. The molecule has 0 aromatic carbocycles. The normalized spacial score (nSPS) is 18.4. The van der Waals surface area contributed by atoms with E-state index >= 15 is 0 Å². The number of nitrogens with zero attached hydrogens (tertiary/aromatic N) is 3. The van der Waals surface area contributed by atoms with E-state index in [9.17, 15) is 9.59 Å². The van der Waals surface area contributed by atoms with E-state index in [2.05, 4.69) is 25.5 Å². The fourth-order valence-electron chi connectivity index (χ4n) is 4.26. The molecule has 2 amide bonds. The van der Waals surface area contributed by atoms with Crippen LogP contribution in [-0.4, -0.2) is 45.8 Å². The van der Waals surface area contributed by atoms with Gasteiger partial charge in [0.15, 0.2) is 5.13 Å². The van der Waals surface area contributed by atoms with Crippen LogP contribution in [0.4, 0.5) is 5.13 Å². The molecule has 160 valence electrons. The number of carbonyl (C=O) groups is 2. The minimum atomic E-state index is -0.193. The van der Waals surface area contributed by atoms with Gasteiger partial charge >= 0.3 is 0 Å². The smallest absolute Gasteiger partial charge is 0.259 e. The number of hydrogen-bond donors (Lipinski definition) is 2. The van der Waals surface area contributed by atoms with Crippen molar-refractivity contribution >= 4 is 28.3 Å². The third-order valence-electron chi connectivity index (χ3n) is 5.95. The van der Waals surface area contributed by atoms with E-state index in [1.165, 1.54) is 24.2 Å². The number of aromatic nitrogens is 2. The van der Waals surface area contributed by atoms with E-state index in [0.29, 0.717) is 16.7 Å². The van der Waals surface area contributed by atoms with E-state index in [4.69, 9.17) is 0 Å². The number of hydrogen-bond acceptors (Lipinski definition) is 6. The van der Waals surface area contributed by atoms with E-state index in [1.807, 2.05) is 18.4 Å². The Morgan fingerprint density at radius 2 is 1.93 bits per heavy atom. The first-order valence-corrected chi connectivity index (χ1v) is 11.6. The molecule has 2 fully saturated rings. The van der Waals surface area contributed by atoms with Crippen LogP contribution >= 0.6 is 11.3 Å². The van der Waals surface area contributed by atoms with Gasteiger partial charge in [-0.1, -0.05) is 12.8 Å². The second kappa shape index (κ2) is 9.66. The Morgan fingerprint density at radius 3 is 2.67 bits per heavy atom. The Labute approximate surface area is 181 Å². The predicted molar refractivity (Wildman–Crippen MR) is 117 cm³/mol. The minimum Gasteiger partial charge on any atom is -0.353 e. The molecule has 1 saturated heterocycles. The number of likely N-dealkylation sites (tertiary alicyclic amines) is 1. The van der Waals surface area contributed by atoms with Gasteiger partial charge in [0.25, 0.3) is 5.91 Å². The molecule has 8 heteroatoms. The maximum absolute atomic E-state index is 12.5. The topological polar surface area (TPSA) is 87.2 Å². The summed E-state index contributed by atoms with van der Waals surface area (Å²) in [6, 6.07) is 2.21. The first-order valence-electron chi connectivity index (χ1n) is 10.8. The van der Waals surface area contributed by atoms with Gasteiger partial charge in [-0.15, -0.1) is 11.3 Å². The van der Waals surface area contributed by atoms with Crippen molar-refractivity contribution in [3.05, 3.63) is 40.7 Å². The number of aryl methyl sites for hydroxylation is 1. The summed E-state index contributed by atoms with van der Waals surface area (Å²) in [6.07, 6.45) is 9.81. The van der Waals surface area contributed by atoms with E-state index in [0.717, 1.165) is 56.6 Å². The lowest BCUT2D eigenvalue weighted by atomic mass is 9.95. The summed E-state index contributed by atoms with van der Waals surface area (Å²) >= 11 is 1.43. The first-order chi connectivity index (χ1) is 14.6. The molecule has 2 aliphatic rings. The molecule has 30 heavy (non-hydrogen) atoms. The molecule has 2 N–H and O–H groups in total. The van der Waals surface area contributed by atoms with Gasteiger partial charge in [-0.3, -0.25) is 24.8 Å². The predicted octanol–water partition coefficient (Wildman–Crippen LogP) is 3.37. The Morgan fingerprint density at radius 1 is 1.17 bits per heavy atom. The summed E-state index contributed by atoms with van der Waals surface area (Å²) in [6.45, 7) is 4.45. The molecule has 0 radical (unpaired) electrons. The fraction of sp³-hybridized carbons (Fsp3) is 0.545. The molecule has 2 aromatic heterocycles. The largest absolute Gasteiger partial charge is 0.353 e. The molecule has 0 bridgehead atoms. The summed E-state index contributed by atoms with van der Waals surface area (Å²) in [5, 5.41) is 8.68. The van der Waals surface area contributed by atoms with Crippen LogP contribution in [0.3, 0.4) is 0 Å². The van der Waals surface area contributed by atoms with Gasteiger partial charge in [0.1, 0.15) is 0 Å². The van der Waals surface area contributed by atoms with Crippen molar-refractivity contribution in [2.24, 2.45) is 5.92 Å². The van der Waals surface area contributed by atoms with Crippen LogP contribution in [0.15, 0.2) is 23.8 Å². The molecule has 1 aliphatic carbocycles. The van der Waals surface area contributed by atoms with Crippen LogP contribution in [-0.2, 0) is 11.3 Å². The molecule has 4 rings (SSSR count). The van der Waals surface area contributed by atoms with Crippen molar-refractivity contribution < 1.29 is 9.59 Å². The van der Waals surface area contributed by atoms with E-state index in [1.54, 1.807) is 12.4 Å². The lowest BCUT2D eigenvalue weighted by Gasteiger charge is -2.31. The maximum Gasteiger partial charge on any atom is 0.259 e. The second-order valence-corrected chi connectivity index (χ2v) is 9.25. The first kappa shape index (κ1) is 20.9. The van der Waals surface area contributed by atoms with Crippen LogP contribution in [0, 0.1) is 12.8 Å². The molecule has 0 atom stereocenters. The Hall–Kier alpha value is -2.32. The monoisotopic (exact) mass is 427 g/mol. The molecular weight excluding hydrogens is 398 g/mol. The lowest BCUT2D eigenvalue weighted by molar-refractivity contribution is -0.127. The van der Waals surface area contributed by atoms with Crippen LogP contribution in [0.25, 0.3) is 0 Å². The average molecular weight is 428 g/mol. The summed E-state index contributed by atoms with van der Waals surface area (Å²) in [7, 11) is 0. The van der Waals surface area contributed by atoms with Crippen LogP contribution in [0.2, 0.25) is 0 Å². The average Bonchev–Trinajstić information content (AvgIpc) is 3.40. The molecule has 0 unspecified atom stereocenters. The van der Waals surface area contributed by atoms with Gasteiger partial charge in [0.2, 0.25) is 5.91 Å². The number of nitrogens with one attached hydrogen (secondary N) is 2. The molecule has 2 aromatic rings. The summed E-state index contributed by atoms with van der Waals surface area (Å²) in [5.74, 6) is 0.183. The van der Waals surface area contributed by atoms with Crippen molar-refractivity contribution in [1.29, 1.82) is 0 Å². The van der Waals surface area contributed by atoms with Gasteiger partial charge in [0, 0.05) is 36.3 Å². The number of carbonyl (C=O) groups excluding carboxylic acids is 2. The third-order valence-corrected chi connectivity index (χ3v) is 6.76. The zero-order valence-corrected chi connectivity index (χ0v) is 18.2. The summed E-state index contributed by atoms with van der Waals surface area (Å²) in [4.78, 5) is 35.8. The highest BCUT2D eigenvalue weighted by Crippen LogP contribution is 2.23. The number of piperidine rings is 1. The minimum absolute atomic E-state index is 0.134. The van der Waals surface area contributed by atoms with Crippen LogP contribution in [0.5, 0.6) is 0 Å². The van der Waals surface area contributed by atoms with Gasteiger partial charge in [-0.25, -0.2) is 4.98 Å². The SMILES string of the molecule is Cc1cncc(C(=O)Nc2nc(CN3CCC(C(=O)NC4CCCC4)CC3)cs2)c1. The highest BCUT2D eigenvalue weighted by atomic mass is 32.1. The zero-order chi connectivity index (χ0) is 20.9. The van der Waals surface area contributed by atoms with Crippen molar-refractivity contribution in [2.75, 3.05) is 18.4 Å². The number of thiazole rings is 1. The lowest BCUT2D eigenvalue weighted by Crippen LogP contribution is -2.43. The molecule has 3 heterocycles. The molecule has 0 spiro atoms. The quantitative estimate of drug-likeness (QED) is 0.738. The van der Waals surface area contributed by atoms with Gasteiger partial charge in [-0.05, 0) is 57.3 Å². The maximum atomic E-state index is 12.5. The van der Waals surface area contributed by atoms with Crippen molar-refractivity contribution in [2.45, 2.75) is 58.0 Å². The van der Waals surface area contributed by atoms with Gasteiger partial charge < -0.3 is 5.32 Å². The van der Waals surface area contributed by atoms with Gasteiger partial charge in [0.05, 0.1) is 11.3 Å². The van der Waals surface area contributed by atoms with Crippen molar-refractivity contribution in [3.63, 3.8) is 0 Å². The third kappa shape index (κ3) is 5.43. The number of anilines is 1. The van der Waals surface area contributed by atoms with Crippen LogP contribution < -0.4 is 10.6 Å². The summed E-state index contributed by atoms with van der Waals surface area (Å²) < 4.78 is 0. The standard InChI is InChI=1S/C22H29N5O2S/c1-15-10-17(12-23-11-15)21(29)26-22-25-19(14-30-22)13-27-8-6-16(7-9-27)20(28)24-18-4-2-3-5-18/h10-12,14,16,18H,2-9,13H2,1H3,(H,24,28)(H,25,26,29). The Bertz CT molecular complexity index is 885. The Kier molecular flexibility index (Phi) is 6.74. The number of pyridine rings is 1.